The molecule has 0 spiro atoms. The van der Waals surface area contributed by atoms with Crippen LogP contribution < -0.4 is 5.14 Å². The Bertz CT molecular complexity index is 457. The van der Waals surface area contributed by atoms with E-state index in [0.717, 1.165) is 12.1 Å². The van der Waals surface area contributed by atoms with Crippen LogP contribution >= 0.6 is 0 Å². The maximum absolute atomic E-state index is 13.1. The minimum absolute atomic E-state index is 0.126. The molecular weight excluding hydrogens is 212 g/mol. The van der Waals surface area contributed by atoms with Crippen LogP contribution in [-0.2, 0) is 15.8 Å². The Hall–Kier alpha value is -1.01. The summed E-state index contributed by atoms with van der Waals surface area (Å²) in [6.07, 6.45) is 0. The van der Waals surface area contributed by atoms with Gasteiger partial charge in [0.05, 0.1) is 5.75 Å². The fraction of sp³-hybridized carbons (Fsp3) is 0.250. The summed E-state index contributed by atoms with van der Waals surface area (Å²) in [6, 6.07) is 1.78. The van der Waals surface area contributed by atoms with Crippen molar-refractivity contribution in [2.75, 3.05) is 0 Å². The van der Waals surface area contributed by atoms with Crippen molar-refractivity contribution in [1.29, 1.82) is 0 Å². The zero-order valence-corrected chi connectivity index (χ0v) is 8.24. The highest BCUT2D eigenvalue weighted by Gasteiger charge is 2.12. The summed E-state index contributed by atoms with van der Waals surface area (Å²) in [7, 11) is -3.84. The predicted octanol–water partition coefficient (Wildman–Crippen LogP) is 1.06. The molecule has 0 amide bonds. The Morgan fingerprint density at radius 2 is 1.86 bits per heavy atom. The van der Waals surface area contributed by atoms with Crippen LogP contribution in [0.2, 0.25) is 0 Å². The monoisotopic (exact) mass is 221 g/mol. The van der Waals surface area contributed by atoms with Gasteiger partial charge in [-0.05, 0) is 24.6 Å². The minimum Gasteiger partial charge on any atom is -0.228 e. The molecule has 0 aromatic heterocycles. The Morgan fingerprint density at radius 1 is 1.29 bits per heavy atom. The molecule has 3 nitrogen and oxygen atoms in total. The molecule has 0 heterocycles. The molecule has 78 valence electrons. The summed E-state index contributed by atoms with van der Waals surface area (Å²) in [5, 5.41) is 4.71. The predicted molar refractivity (Wildman–Crippen MR) is 47.9 cm³/mol. The molecule has 1 aromatic rings. The molecule has 0 aliphatic carbocycles. The third-order valence-electron chi connectivity index (χ3n) is 1.68. The lowest BCUT2D eigenvalue weighted by molar-refractivity contribution is 0.575. The highest BCUT2D eigenvalue weighted by Crippen LogP contribution is 2.15. The molecule has 6 heteroatoms. The standard InChI is InChI=1S/C8H9F2NO2S/c1-5-2-8(10)6(3-7(5)9)4-14(11,12)13/h2-3H,4H2,1H3,(H2,11,12,13). The van der Waals surface area contributed by atoms with Gasteiger partial charge in [-0.15, -0.1) is 0 Å². The van der Waals surface area contributed by atoms with E-state index in [1.54, 1.807) is 0 Å². The van der Waals surface area contributed by atoms with Crippen LogP contribution in [-0.4, -0.2) is 8.42 Å². The Kier molecular flexibility index (Phi) is 2.86. The number of halogens is 2. The maximum Gasteiger partial charge on any atom is 0.213 e. The van der Waals surface area contributed by atoms with E-state index in [1.165, 1.54) is 6.92 Å². The Balaban J connectivity index is 3.17. The SMILES string of the molecule is Cc1cc(F)c(CS(N)(=O)=O)cc1F. The minimum atomic E-state index is -3.84. The van der Waals surface area contributed by atoms with E-state index in [-0.39, 0.29) is 11.1 Å². The van der Waals surface area contributed by atoms with Gasteiger partial charge in [0.15, 0.2) is 0 Å². The average Bonchev–Trinajstić information content (AvgIpc) is 1.97. The molecule has 0 fully saturated rings. The van der Waals surface area contributed by atoms with Gasteiger partial charge in [-0.1, -0.05) is 0 Å². The van der Waals surface area contributed by atoms with Gasteiger partial charge in [0.2, 0.25) is 10.0 Å². The summed E-state index contributed by atoms with van der Waals surface area (Å²) >= 11 is 0. The average molecular weight is 221 g/mol. The van der Waals surface area contributed by atoms with Crippen LogP contribution in [0.4, 0.5) is 8.78 Å². The number of benzene rings is 1. The number of rotatable bonds is 2. The van der Waals surface area contributed by atoms with Gasteiger partial charge in [0, 0.05) is 5.56 Å². The molecule has 0 unspecified atom stereocenters. The second-order valence-corrected chi connectivity index (χ2v) is 4.61. The first-order valence-corrected chi connectivity index (χ1v) is 5.46. The van der Waals surface area contributed by atoms with Gasteiger partial charge >= 0.3 is 0 Å². The van der Waals surface area contributed by atoms with E-state index in [1.807, 2.05) is 0 Å². The van der Waals surface area contributed by atoms with Crippen molar-refractivity contribution in [2.24, 2.45) is 5.14 Å². The van der Waals surface area contributed by atoms with E-state index in [9.17, 15) is 17.2 Å². The highest BCUT2D eigenvalue weighted by atomic mass is 32.2. The smallest absolute Gasteiger partial charge is 0.213 e. The third-order valence-corrected chi connectivity index (χ3v) is 2.40. The van der Waals surface area contributed by atoms with Crippen LogP contribution in [0.25, 0.3) is 0 Å². The van der Waals surface area contributed by atoms with Crippen LogP contribution in [0.5, 0.6) is 0 Å². The molecule has 0 saturated carbocycles. The molecule has 0 aliphatic rings. The van der Waals surface area contributed by atoms with Crippen LogP contribution in [0.15, 0.2) is 12.1 Å². The maximum atomic E-state index is 13.1. The third kappa shape index (κ3) is 2.74. The molecule has 0 saturated heterocycles. The van der Waals surface area contributed by atoms with Crippen molar-refractivity contribution in [1.82, 2.24) is 0 Å². The Morgan fingerprint density at radius 3 is 2.36 bits per heavy atom. The number of sulfonamides is 1. The number of primary sulfonamides is 1. The zero-order chi connectivity index (χ0) is 10.9. The van der Waals surface area contributed by atoms with E-state index < -0.39 is 27.4 Å². The summed E-state index contributed by atoms with van der Waals surface area (Å²) in [5.41, 5.74) is -0.128. The van der Waals surface area contributed by atoms with Gasteiger partial charge in [0.25, 0.3) is 0 Å². The van der Waals surface area contributed by atoms with Crippen molar-refractivity contribution in [3.05, 3.63) is 34.9 Å². The first-order valence-electron chi connectivity index (χ1n) is 3.74. The van der Waals surface area contributed by atoms with Gasteiger partial charge in [-0.3, -0.25) is 0 Å². The number of hydrogen-bond donors (Lipinski definition) is 1. The van der Waals surface area contributed by atoms with E-state index in [4.69, 9.17) is 5.14 Å². The van der Waals surface area contributed by atoms with Crippen molar-refractivity contribution < 1.29 is 17.2 Å². The van der Waals surface area contributed by atoms with Gasteiger partial charge in [-0.25, -0.2) is 22.3 Å². The summed E-state index contributed by atoms with van der Waals surface area (Å²) in [5.74, 6) is -2.11. The number of aryl methyl sites for hydroxylation is 1. The fourth-order valence-electron chi connectivity index (χ4n) is 1.01. The van der Waals surface area contributed by atoms with Crippen molar-refractivity contribution >= 4 is 10.0 Å². The van der Waals surface area contributed by atoms with Crippen molar-refractivity contribution in [2.45, 2.75) is 12.7 Å². The molecule has 1 aromatic carbocycles. The second kappa shape index (κ2) is 3.62. The summed E-state index contributed by atoms with van der Waals surface area (Å²) in [4.78, 5) is 0. The molecule has 0 atom stereocenters. The lowest BCUT2D eigenvalue weighted by atomic mass is 10.1. The van der Waals surface area contributed by atoms with E-state index in [2.05, 4.69) is 0 Å². The molecular formula is C8H9F2NO2S. The summed E-state index contributed by atoms with van der Waals surface area (Å²) < 4.78 is 47.3. The van der Waals surface area contributed by atoms with Crippen LogP contribution in [0.1, 0.15) is 11.1 Å². The van der Waals surface area contributed by atoms with Crippen molar-refractivity contribution in [3.8, 4) is 0 Å². The van der Waals surface area contributed by atoms with Gasteiger partial charge < -0.3 is 0 Å². The van der Waals surface area contributed by atoms with Crippen LogP contribution in [0.3, 0.4) is 0 Å². The molecule has 0 bridgehead atoms. The quantitative estimate of drug-likeness (QED) is 0.811. The lowest BCUT2D eigenvalue weighted by Crippen LogP contribution is -2.15. The molecule has 1 rings (SSSR count). The molecule has 0 aliphatic heterocycles. The van der Waals surface area contributed by atoms with E-state index >= 15 is 0 Å². The number of hydrogen-bond acceptors (Lipinski definition) is 2. The zero-order valence-electron chi connectivity index (χ0n) is 7.42. The van der Waals surface area contributed by atoms with Crippen LogP contribution in [0, 0.1) is 18.6 Å². The molecule has 14 heavy (non-hydrogen) atoms. The Labute approximate surface area is 80.6 Å². The summed E-state index contributed by atoms with van der Waals surface area (Å²) in [6.45, 7) is 1.39. The normalized spacial score (nSPS) is 11.7. The molecule has 2 N–H and O–H groups in total. The topological polar surface area (TPSA) is 60.2 Å². The van der Waals surface area contributed by atoms with Crippen molar-refractivity contribution in [3.63, 3.8) is 0 Å². The second-order valence-electron chi connectivity index (χ2n) is 3.00. The lowest BCUT2D eigenvalue weighted by Gasteiger charge is -2.03. The highest BCUT2D eigenvalue weighted by molar-refractivity contribution is 7.88. The molecule has 0 radical (unpaired) electrons. The van der Waals surface area contributed by atoms with Gasteiger partial charge in [-0.2, -0.15) is 0 Å². The van der Waals surface area contributed by atoms with E-state index in [0.29, 0.717) is 0 Å². The largest absolute Gasteiger partial charge is 0.228 e. The first-order chi connectivity index (χ1) is 6.29. The number of nitrogens with two attached hydrogens (primary N) is 1. The fourth-order valence-corrected chi connectivity index (χ4v) is 1.67. The van der Waals surface area contributed by atoms with Gasteiger partial charge in [0.1, 0.15) is 11.6 Å². The first kappa shape index (κ1) is 11.1.